The maximum Gasteiger partial charge on any atom is 0.266 e. The summed E-state index contributed by atoms with van der Waals surface area (Å²) in [6, 6.07) is 6.54. The molecule has 10 heteroatoms. The van der Waals surface area contributed by atoms with Gasteiger partial charge < -0.3 is 24.2 Å². The highest BCUT2D eigenvalue weighted by Gasteiger charge is 2.43. The molecule has 1 N–H and O–H groups in total. The molecule has 1 aromatic carbocycles. The second-order valence-corrected chi connectivity index (χ2v) is 11.7. The summed E-state index contributed by atoms with van der Waals surface area (Å²) in [4.78, 5) is 25.4. The molecule has 0 unspecified atom stereocenters. The number of aromatic nitrogens is 3. The van der Waals surface area contributed by atoms with Crippen molar-refractivity contribution in [2.45, 2.75) is 63.6 Å². The first-order chi connectivity index (χ1) is 18.1. The normalized spacial score (nSPS) is 20.6. The molecule has 2 aromatic heterocycles. The lowest BCUT2D eigenvalue weighted by molar-refractivity contribution is 0.0661. The van der Waals surface area contributed by atoms with E-state index in [9.17, 15) is 14.3 Å². The van der Waals surface area contributed by atoms with Crippen LogP contribution in [0.25, 0.3) is 11.3 Å². The van der Waals surface area contributed by atoms with Crippen LogP contribution in [0.3, 0.4) is 0 Å². The maximum absolute atomic E-state index is 15.0. The molecule has 1 spiro atoms. The fourth-order valence-electron chi connectivity index (χ4n) is 5.48. The smallest absolute Gasteiger partial charge is 0.266 e. The van der Waals surface area contributed by atoms with E-state index in [4.69, 9.17) is 9.26 Å². The highest BCUT2D eigenvalue weighted by molar-refractivity contribution is 5.95. The predicted octanol–water partition coefficient (Wildman–Crippen LogP) is 3.75. The zero-order chi connectivity index (χ0) is 26.7. The Hall–Kier alpha value is -3.53. The van der Waals surface area contributed by atoms with Crippen molar-refractivity contribution in [3.63, 3.8) is 0 Å². The number of aliphatic hydroxyl groups excluding tert-OH is 1. The lowest BCUT2D eigenvalue weighted by atomic mass is 9.87. The Balaban J connectivity index is 1.14. The molecular weight excluding hydrogens is 489 g/mol. The third-order valence-electron chi connectivity index (χ3n) is 7.75. The van der Waals surface area contributed by atoms with Gasteiger partial charge >= 0.3 is 0 Å². The summed E-state index contributed by atoms with van der Waals surface area (Å²) < 4.78 is 26.8. The van der Waals surface area contributed by atoms with Crippen molar-refractivity contribution in [3.8, 4) is 17.0 Å². The molecule has 0 radical (unpaired) electrons. The van der Waals surface area contributed by atoms with Crippen molar-refractivity contribution in [2.75, 3.05) is 31.1 Å². The van der Waals surface area contributed by atoms with Crippen LogP contribution in [0.2, 0.25) is 0 Å². The second kappa shape index (κ2) is 9.04. The molecule has 0 bridgehead atoms. The molecule has 3 aromatic rings. The lowest BCUT2D eigenvalue weighted by Crippen LogP contribution is -2.47. The summed E-state index contributed by atoms with van der Waals surface area (Å²) >= 11 is 0. The standard InChI is InChI=1S/C28H32FN5O4/c1-27(2,3)25-31-26(32-38-25)33-10-7-28(8-11-33)14-18-13-22(30-15-23(18)37-28)17-4-5-20(21(29)12-17)24(36)34-9-6-19(35)16-34/h4-5,12-13,15,19,35H,6-11,14,16H2,1-3H3/t19-/m0/s1. The quantitative estimate of drug-likeness (QED) is 0.556. The Kier molecular flexibility index (Phi) is 5.90. The number of pyridine rings is 1. The van der Waals surface area contributed by atoms with Gasteiger partial charge in [-0.3, -0.25) is 9.78 Å². The Bertz CT molecular complexity index is 1380. The largest absolute Gasteiger partial charge is 0.485 e. The third-order valence-corrected chi connectivity index (χ3v) is 7.75. The van der Waals surface area contributed by atoms with Crippen LogP contribution in [0.4, 0.5) is 10.3 Å². The number of halogens is 1. The minimum atomic E-state index is -0.590. The van der Waals surface area contributed by atoms with Crippen LogP contribution < -0.4 is 9.64 Å². The van der Waals surface area contributed by atoms with Crippen molar-refractivity contribution >= 4 is 11.9 Å². The Labute approximate surface area is 220 Å². The van der Waals surface area contributed by atoms with Gasteiger partial charge in [0.05, 0.1) is 23.6 Å². The molecule has 1 amide bonds. The molecule has 3 aliphatic heterocycles. The minimum absolute atomic E-state index is 0.00859. The number of anilines is 1. The van der Waals surface area contributed by atoms with Gasteiger partial charge in [0, 0.05) is 62.0 Å². The van der Waals surface area contributed by atoms with E-state index in [1.807, 2.05) is 26.8 Å². The first-order valence-corrected chi connectivity index (χ1v) is 13.1. The van der Waals surface area contributed by atoms with Gasteiger partial charge in [0.1, 0.15) is 17.2 Å². The SMILES string of the molecule is CC(C)(C)c1nc(N2CCC3(CC2)Cc2cc(-c4ccc(C(=O)N5CC[C@H](O)C5)c(F)c4)ncc2O3)no1. The maximum atomic E-state index is 15.0. The summed E-state index contributed by atoms with van der Waals surface area (Å²) in [5.41, 5.74) is 1.79. The van der Waals surface area contributed by atoms with E-state index in [2.05, 4.69) is 20.0 Å². The number of hydrogen-bond donors (Lipinski definition) is 1. The van der Waals surface area contributed by atoms with E-state index in [-0.39, 0.29) is 23.1 Å². The highest BCUT2D eigenvalue weighted by Crippen LogP contribution is 2.42. The van der Waals surface area contributed by atoms with Crippen LogP contribution in [0, 0.1) is 5.82 Å². The molecule has 6 rings (SSSR count). The van der Waals surface area contributed by atoms with Crippen LogP contribution >= 0.6 is 0 Å². The van der Waals surface area contributed by atoms with Crippen molar-refractivity contribution in [2.24, 2.45) is 0 Å². The Morgan fingerprint density at radius 2 is 1.97 bits per heavy atom. The van der Waals surface area contributed by atoms with Gasteiger partial charge in [-0.1, -0.05) is 26.8 Å². The molecule has 0 aliphatic carbocycles. The van der Waals surface area contributed by atoms with Gasteiger partial charge in [0.25, 0.3) is 11.9 Å². The number of benzene rings is 1. The molecule has 5 heterocycles. The first-order valence-electron chi connectivity index (χ1n) is 13.1. The summed E-state index contributed by atoms with van der Waals surface area (Å²) in [6.45, 7) is 8.32. The van der Waals surface area contributed by atoms with Crippen LogP contribution in [0.15, 0.2) is 35.0 Å². The number of carbonyl (C=O) groups excluding carboxylic acids is 1. The molecule has 1 atom stereocenters. The van der Waals surface area contributed by atoms with Gasteiger partial charge in [-0.15, -0.1) is 0 Å². The van der Waals surface area contributed by atoms with E-state index in [0.717, 1.165) is 43.7 Å². The number of amides is 1. The summed E-state index contributed by atoms with van der Waals surface area (Å²) in [5, 5.41) is 13.9. The first kappa shape index (κ1) is 24.8. The van der Waals surface area contributed by atoms with Crippen LogP contribution in [-0.2, 0) is 11.8 Å². The van der Waals surface area contributed by atoms with E-state index >= 15 is 0 Å². The third kappa shape index (κ3) is 4.51. The monoisotopic (exact) mass is 521 g/mol. The number of ether oxygens (including phenoxy) is 1. The van der Waals surface area contributed by atoms with Crippen molar-refractivity contribution in [1.82, 2.24) is 20.0 Å². The molecule has 38 heavy (non-hydrogen) atoms. The average molecular weight is 522 g/mol. The number of rotatable bonds is 3. The number of aliphatic hydroxyl groups is 1. The Morgan fingerprint density at radius 1 is 1.18 bits per heavy atom. The van der Waals surface area contributed by atoms with Gasteiger partial charge in [-0.25, -0.2) is 4.39 Å². The zero-order valence-corrected chi connectivity index (χ0v) is 21.9. The van der Waals surface area contributed by atoms with Crippen LogP contribution in [-0.4, -0.2) is 68.9 Å². The number of piperidine rings is 1. The number of hydrogen-bond acceptors (Lipinski definition) is 8. The summed E-state index contributed by atoms with van der Waals surface area (Å²) in [6.07, 6.45) is 4.06. The van der Waals surface area contributed by atoms with E-state index in [1.165, 1.54) is 17.0 Å². The number of nitrogens with zero attached hydrogens (tertiary/aromatic N) is 5. The van der Waals surface area contributed by atoms with Gasteiger partial charge in [-0.05, 0) is 29.8 Å². The topological polar surface area (TPSA) is 105 Å². The molecule has 0 saturated carbocycles. The molecule has 3 aliphatic rings. The van der Waals surface area contributed by atoms with Gasteiger partial charge in [-0.2, -0.15) is 4.98 Å². The average Bonchev–Trinajstić information content (AvgIpc) is 3.62. The number of carbonyl (C=O) groups is 1. The summed E-state index contributed by atoms with van der Waals surface area (Å²) in [7, 11) is 0. The van der Waals surface area contributed by atoms with Crippen molar-refractivity contribution in [1.29, 1.82) is 0 Å². The summed E-state index contributed by atoms with van der Waals surface area (Å²) in [5.74, 6) is 1.02. The second-order valence-electron chi connectivity index (χ2n) is 11.7. The molecule has 2 saturated heterocycles. The number of β-amino-alcohol motifs (C(OH)–C–C–N with tert-alkyl or cyclic N) is 1. The fourth-order valence-corrected chi connectivity index (χ4v) is 5.48. The Morgan fingerprint density at radius 3 is 2.63 bits per heavy atom. The lowest BCUT2D eigenvalue weighted by Gasteiger charge is -2.38. The van der Waals surface area contributed by atoms with Crippen LogP contribution in [0.5, 0.6) is 5.75 Å². The number of likely N-dealkylation sites (tertiary alicyclic amines) is 1. The van der Waals surface area contributed by atoms with Gasteiger partial charge in [0.15, 0.2) is 0 Å². The molecule has 9 nitrogen and oxygen atoms in total. The number of fused-ring (bicyclic) bond motifs is 1. The molecule has 2 fully saturated rings. The highest BCUT2D eigenvalue weighted by atomic mass is 19.1. The minimum Gasteiger partial charge on any atom is -0.485 e. The molecular formula is C28H32FN5O4. The van der Waals surface area contributed by atoms with Crippen LogP contribution in [0.1, 0.15) is 61.8 Å². The zero-order valence-electron chi connectivity index (χ0n) is 21.9. The van der Waals surface area contributed by atoms with E-state index in [0.29, 0.717) is 36.1 Å². The van der Waals surface area contributed by atoms with Crippen molar-refractivity contribution in [3.05, 3.63) is 53.3 Å². The van der Waals surface area contributed by atoms with E-state index < -0.39 is 17.8 Å². The molecule has 200 valence electrons. The van der Waals surface area contributed by atoms with Gasteiger partial charge in [0.2, 0.25) is 5.89 Å². The van der Waals surface area contributed by atoms with E-state index in [1.54, 1.807) is 12.3 Å². The predicted molar refractivity (Wildman–Crippen MR) is 138 cm³/mol. The van der Waals surface area contributed by atoms with Crippen molar-refractivity contribution < 1.29 is 23.6 Å². The fraction of sp³-hybridized carbons (Fsp3) is 0.500.